The van der Waals surface area contributed by atoms with Gasteiger partial charge in [-0.15, -0.1) is 0 Å². The van der Waals surface area contributed by atoms with E-state index in [4.69, 9.17) is 5.73 Å². The van der Waals surface area contributed by atoms with Crippen molar-refractivity contribution >= 4 is 22.4 Å². The molecule has 0 saturated carbocycles. The fourth-order valence-electron chi connectivity index (χ4n) is 3.68. The SMILES string of the molecule is CC/C=C/C(C)=C(\N)CNC(=O)c1cnc2c(C3=CCC(C)(C)CC3)cccc2c1. The minimum absolute atomic E-state index is 0.163. The van der Waals surface area contributed by atoms with Crippen LogP contribution in [0.1, 0.15) is 69.3 Å². The standard InChI is InChI=1S/C26H33N3O/c1-5-6-8-18(2)23(27)17-29-25(30)21-15-20-9-7-10-22(24(20)28-16-21)19-11-13-26(3,4)14-12-19/h6-11,15-16H,5,12-14,17,27H2,1-4H3,(H,29,30)/b8-6+,23-18-. The van der Waals surface area contributed by atoms with Crippen LogP contribution < -0.4 is 11.1 Å². The Labute approximate surface area is 180 Å². The molecular formula is C26H33N3O. The molecule has 0 fully saturated rings. The molecule has 30 heavy (non-hydrogen) atoms. The lowest BCUT2D eigenvalue weighted by atomic mass is 9.77. The number of hydrogen-bond donors (Lipinski definition) is 2. The third kappa shape index (κ3) is 5.18. The minimum Gasteiger partial charge on any atom is -0.400 e. The van der Waals surface area contributed by atoms with Crippen molar-refractivity contribution in [2.24, 2.45) is 11.1 Å². The Hall–Kier alpha value is -2.88. The van der Waals surface area contributed by atoms with Gasteiger partial charge in [0.2, 0.25) is 0 Å². The van der Waals surface area contributed by atoms with Gasteiger partial charge < -0.3 is 11.1 Å². The number of hydrogen-bond acceptors (Lipinski definition) is 3. The molecule has 1 aromatic carbocycles. The van der Waals surface area contributed by atoms with Crippen LogP contribution in [-0.2, 0) is 0 Å². The van der Waals surface area contributed by atoms with Gasteiger partial charge in [-0.05, 0) is 55.2 Å². The maximum Gasteiger partial charge on any atom is 0.253 e. The minimum atomic E-state index is -0.163. The van der Waals surface area contributed by atoms with Crippen molar-refractivity contribution in [3.8, 4) is 0 Å². The van der Waals surface area contributed by atoms with Gasteiger partial charge in [0.25, 0.3) is 5.91 Å². The number of nitrogens with zero attached hydrogens (tertiary/aromatic N) is 1. The van der Waals surface area contributed by atoms with Gasteiger partial charge in [0.05, 0.1) is 17.6 Å². The molecular weight excluding hydrogens is 370 g/mol. The quantitative estimate of drug-likeness (QED) is 0.603. The van der Waals surface area contributed by atoms with E-state index in [-0.39, 0.29) is 5.91 Å². The van der Waals surface area contributed by atoms with E-state index in [0.717, 1.165) is 35.7 Å². The summed E-state index contributed by atoms with van der Waals surface area (Å²) in [7, 11) is 0. The maximum absolute atomic E-state index is 12.6. The van der Waals surface area contributed by atoms with Gasteiger partial charge in [0, 0.05) is 22.8 Å². The smallest absolute Gasteiger partial charge is 0.253 e. The Morgan fingerprint density at radius 1 is 1.33 bits per heavy atom. The highest BCUT2D eigenvalue weighted by molar-refractivity contribution is 5.99. The second-order valence-electron chi connectivity index (χ2n) is 8.90. The lowest BCUT2D eigenvalue weighted by molar-refractivity contribution is 0.0956. The highest BCUT2D eigenvalue weighted by Gasteiger charge is 2.23. The van der Waals surface area contributed by atoms with Crippen LogP contribution in [0.3, 0.4) is 0 Å². The summed E-state index contributed by atoms with van der Waals surface area (Å²) in [5.74, 6) is -0.163. The van der Waals surface area contributed by atoms with E-state index in [9.17, 15) is 4.79 Å². The second-order valence-corrected chi connectivity index (χ2v) is 8.90. The Kier molecular flexibility index (Phi) is 6.76. The largest absolute Gasteiger partial charge is 0.400 e. The first kappa shape index (κ1) is 21.8. The van der Waals surface area contributed by atoms with Crippen LogP contribution in [0.2, 0.25) is 0 Å². The first-order valence-electron chi connectivity index (χ1n) is 10.8. The first-order valence-corrected chi connectivity index (χ1v) is 10.8. The second kappa shape index (κ2) is 9.29. The van der Waals surface area contributed by atoms with E-state index in [2.05, 4.69) is 49.3 Å². The molecule has 1 amide bonds. The van der Waals surface area contributed by atoms with Crippen LogP contribution >= 0.6 is 0 Å². The predicted molar refractivity (Wildman–Crippen MR) is 126 cm³/mol. The normalized spacial score (nSPS) is 17.0. The molecule has 158 valence electrons. The van der Waals surface area contributed by atoms with Gasteiger partial charge in [-0.2, -0.15) is 0 Å². The van der Waals surface area contributed by atoms with Crippen molar-refractivity contribution in [3.05, 3.63) is 71.1 Å². The topological polar surface area (TPSA) is 68.0 Å². The Balaban J connectivity index is 1.79. The molecule has 4 heteroatoms. The zero-order valence-electron chi connectivity index (χ0n) is 18.6. The molecule has 4 nitrogen and oxygen atoms in total. The van der Waals surface area contributed by atoms with E-state index in [0.29, 0.717) is 23.2 Å². The molecule has 0 saturated heterocycles. The third-order valence-corrected chi connectivity index (χ3v) is 5.84. The van der Waals surface area contributed by atoms with Gasteiger partial charge in [0.15, 0.2) is 0 Å². The molecule has 3 rings (SSSR count). The van der Waals surface area contributed by atoms with Crippen LogP contribution in [0.15, 0.2) is 60.0 Å². The summed E-state index contributed by atoms with van der Waals surface area (Å²) < 4.78 is 0. The van der Waals surface area contributed by atoms with Crippen molar-refractivity contribution in [1.29, 1.82) is 0 Å². The number of benzene rings is 1. The fourth-order valence-corrected chi connectivity index (χ4v) is 3.68. The van der Waals surface area contributed by atoms with Crippen LogP contribution in [0, 0.1) is 5.41 Å². The molecule has 0 bridgehead atoms. The van der Waals surface area contributed by atoms with Crippen LogP contribution in [-0.4, -0.2) is 17.4 Å². The van der Waals surface area contributed by atoms with Crippen LogP contribution in [0.25, 0.3) is 16.5 Å². The molecule has 1 aliphatic rings. The van der Waals surface area contributed by atoms with E-state index in [1.807, 2.05) is 31.2 Å². The number of nitrogens with two attached hydrogens (primary N) is 1. The third-order valence-electron chi connectivity index (χ3n) is 5.84. The summed E-state index contributed by atoms with van der Waals surface area (Å²) in [6.45, 7) is 8.98. The molecule has 1 heterocycles. The summed E-state index contributed by atoms with van der Waals surface area (Å²) in [6.07, 6.45) is 12.3. The average Bonchev–Trinajstić information content (AvgIpc) is 2.74. The number of amides is 1. The highest BCUT2D eigenvalue weighted by atomic mass is 16.1. The summed E-state index contributed by atoms with van der Waals surface area (Å²) in [5.41, 5.74) is 12.1. The number of carbonyl (C=O) groups excluding carboxylic acids is 1. The summed E-state index contributed by atoms with van der Waals surface area (Å²) in [4.78, 5) is 17.3. The van der Waals surface area contributed by atoms with Gasteiger partial charge in [-0.25, -0.2) is 0 Å². The van der Waals surface area contributed by atoms with Crippen LogP contribution in [0.4, 0.5) is 0 Å². The zero-order valence-corrected chi connectivity index (χ0v) is 18.6. The van der Waals surface area contributed by atoms with Gasteiger partial charge in [-0.1, -0.05) is 57.2 Å². The lowest BCUT2D eigenvalue weighted by Crippen LogP contribution is -2.28. The van der Waals surface area contributed by atoms with Crippen LogP contribution in [0.5, 0.6) is 0 Å². The van der Waals surface area contributed by atoms with Gasteiger partial charge >= 0.3 is 0 Å². The number of fused-ring (bicyclic) bond motifs is 1. The summed E-state index contributed by atoms with van der Waals surface area (Å²) >= 11 is 0. The van der Waals surface area contributed by atoms with E-state index in [1.54, 1.807) is 6.20 Å². The Morgan fingerprint density at radius 2 is 2.13 bits per heavy atom. The molecule has 0 unspecified atom stereocenters. The zero-order chi connectivity index (χ0) is 21.7. The number of nitrogens with one attached hydrogen (secondary N) is 1. The highest BCUT2D eigenvalue weighted by Crippen LogP contribution is 2.39. The van der Waals surface area contributed by atoms with Crippen molar-refractivity contribution in [3.63, 3.8) is 0 Å². The molecule has 1 aliphatic carbocycles. The Morgan fingerprint density at radius 3 is 2.83 bits per heavy atom. The summed E-state index contributed by atoms with van der Waals surface area (Å²) in [5, 5.41) is 3.88. The number of para-hydroxylation sites is 1. The van der Waals surface area contributed by atoms with Gasteiger partial charge in [-0.3, -0.25) is 9.78 Å². The summed E-state index contributed by atoms with van der Waals surface area (Å²) in [6, 6.07) is 8.12. The first-order chi connectivity index (χ1) is 14.3. The number of pyridine rings is 1. The van der Waals surface area contributed by atoms with Crippen molar-refractivity contribution in [2.45, 2.75) is 53.4 Å². The number of allylic oxidation sites excluding steroid dienone is 5. The number of carbonyl (C=O) groups is 1. The maximum atomic E-state index is 12.6. The molecule has 2 aromatic rings. The Bertz CT molecular complexity index is 1030. The molecule has 0 aliphatic heterocycles. The monoisotopic (exact) mass is 403 g/mol. The van der Waals surface area contributed by atoms with Gasteiger partial charge in [0.1, 0.15) is 0 Å². The predicted octanol–water partition coefficient (Wildman–Crippen LogP) is 5.76. The van der Waals surface area contributed by atoms with Crippen molar-refractivity contribution < 1.29 is 4.79 Å². The number of rotatable bonds is 6. The average molecular weight is 404 g/mol. The molecule has 1 aromatic heterocycles. The van der Waals surface area contributed by atoms with E-state index < -0.39 is 0 Å². The van der Waals surface area contributed by atoms with Crippen molar-refractivity contribution in [2.75, 3.05) is 6.54 Å². The molecule has 3 N–H and O–H groups in total. The van der Waals surface area contributed by atoms with E-state index >= 15 is 0 Å². The van der Waals surface area contributed by atoms with Crippen molar-refractivity contribution in [1.82, 2.24) is 10.3 Å². The molecule has 0 radical (unpaired) electrons. The lowest BCUT2D eigenvalue weighted by Gasteiger charge is -2.29. The number of aromatic nitrogens is 1. The molecule has 0 atom stereocenters. The van der Waals surface area contributed by atoms with E-state index in [1.165, 1.54) is 17.6 Å². The molecule has 0 spiro atoms. The fraction of sp³-hybridized carbons (Fsp3) is 0.385.